The molecule has 1 rings (SSSR count). The molecule has 0 atom stereocenters. The Morgan fingerprint density at radius 1 is 1.24 bits per heavy atom. The maximum atomic E-state index is 11.9. The molecule has 0 unspecified atom stereocenters. The van der Waals surface area contributed by atoms with Crippen LogP contribution in [0.4, 0.5) is 14.5 Å². The first kappa shape index (κ1) is 12.7. The average molecular weight is 245 g/mol. The number of halogens is 2. The van der Waals surface area contributed by atoms with Gasteiger partial charge in [-0.2, -0.15) is 8.78 Å². The zero-order valence-corrected chi connectivity index (χ0v) is 8.13. The predicted octanol–water partition coefficient (Wildman–Crippen LogP) is 1.82. The minimum Gasteiger partial charge on any atom is -0.435 e. The molecule has 0 aliphatic rings. The molecule has 0 aromatic heterocycles. The molecular weight excluding hydrogens is 240 g/mol. The van der Waals surface area contributed by atoms with Crippen molar-refractivity contribution in [2.75, 3.05) is 0 Å². The van der Waals surface area contributed by atoms with E-state index in [0.29, 0.717) is 0 Å². The lowest BCUT2D eigenvalue weighted by molar-refractivity contribution is -0.385. The minimum atomic E-state index is -3.16. The fourth-order valence-corrected chi connectivity index (χ4v) is 1.21. The highest BCUT2D eigenvalue weighted by molar-refractivity contribution is 5.92. The smallest absolute Gasteiger partial charge is 0.387 e. The fourth-order valence-electron chi connectivity index (χ4n) is 1.21. The standard InChI is InChI=1S/C9H5F2NO5/c10-9(11)17-7-1-5(3-13)8(12(15)16)6(2-7)4-14/h1-4,9H. The quantitative estimate of drug-likeness (QED) is 0.448. The third-order valence-corrected chi connectivity index (χ3v) is 1.80. The van der Waals surface area contributed by atoms with Gasteiger partial charge in [0, 0.05) is 0 Å². The molecule has 0 saturated heterocycles. The third kappa shape index (κ3) is 2.80. The molecule has 17 heavy (non-hydrogen) atoms. The molecular formula is C9H5F2NO5. The number of nitro groups is 1. The van der Waals surface area contributed by atoms with Crippen LogP contribution in [0.2, 0.25) is 0 Å². The Morgan fingerprint density at radius 2 is 1.71 bits per heavy atom. The molecule has 0 saturated carbocycles. The highest BCUT2D eigenvalue weighted by Crippen LogP contribution is 2.27. The van der Waals surface area contributed by atoms with Gasteiger partial charge in [0.1, 0.15) is 5.75 Å². The highest BCUT2D eigenvalue weighted by Gasteiger charge is 2.22. The number of ether oxygens (including phenoxy) is 1. The average Bonchev–Trinajstić information content (AvgIpc) is 2.26. The molecule has 6 nitrogen and oxygen atoms in total. The molecule has 0 bridgehead atoms. The summed E-state index contributed by atoms with van der Waals surface area (Å²) in [5.41, 5.74) is -1.75. The molecule has 1 aromatic carbocycles. The largest absolute Gasteiger partial charge is 0.435 e. The molecule has 0 aliphatic carbocycles. The Balaban J connectivity index is 3.38. The lowest BCUT2D eigenvalue weighted by Gasteiger charge is -2.06. The van der Waals surface area contributed by atoms with Crippen LogP contribution in [0, 0.1) is 10.1 Å². The summed E-state index contributed by atoms with van der Waals surface area (Å²) in [7, 11) is 0. The lowest BCUT2D eigenvalue weighted by Crippen LogP contribution is -2.05. The summed E-state index contributed by atoms with van der Waals surface area (Å²) in [4.78, 5) is 30.8. The summed E-state index contributed by atoms with van der Waals surface area (Å²) in [6.07, 6.45) is 0.174. The van der Waals surface area contributed by atoms with Gasteiger partial charge < -0.3 is 4.74 Å². The second kappa shape index (κ2) is 5.10. The molecule has 0 N–H and O–H groups in total. The highest BCUT2D eigenvalue weighted by atomic mass is 19.3. The molecule has 0 fully saturated rings. The number of nitrogens with zero attached hydrogens (tertiary/aromatic N) is 1. The number of carbonyl (C=O) groups excluding carboxylic acids is 2. The second-order valence-electron chi connectivity index (χ2n) is 2.82. The van der Waals surface area contributed by atoms with Crippen molar-refractivity contribution < 1.29 is 28.0 Å². The number of hydrogen-bond acceptors (Lipinski definition) is 5. The molecule has 0 amide bonds. The molecule has 8 heteroatoms. The van der Waals surface area contributed by atoms with E-state index >= 15 is 0 Å². The third-order valence-electron chi connectivity index (χ3n) is 1.80. The monoisotopic (exact) mass is 245 g/mol. The van der Waals surface area contributed by atoms with E-state index in [2.05, 4.69) is 4.74 Å². The van der Waals surface area contributed by atoms with Crippen molar-refractivity contribution in [3.8, 4) is 5.75 Å². The van der Waals surface area contributed by atoms with E-state index in [-0.39, 0.29) is 12.6 Å². The Bertz CT molecular complexity index is 445. The van der Waals surface area contributed by atoms with Gasteiger partial charge in [-0.3, -0.25) is 19.7 Å². The van der Waals surface area contributed by atoms with Crippen molar-refractivity contribution in [1.29, 1.82) is 0 Å². The number of benzene rings is 1. The first-order valence-electron chi connectivity index (χ1n) is 4.17. The normalized spacial score (nSPS) is 10.1. The summed E-state index contributed by atoms with van der Waals surface area (Å²) in [6.45, 7) is -3.16. The van der Waals surface area contributed by atoms with Crippen molar-refractivity contribution in [1.82, 2.24) is 0 Å². The van der Waals surface area contributed by atoms with Crippen molar-refractivity contribution in [3.63, 3.8) is 0 Å². The van der Waals surface area contributed by atoms with Crippen LogP contribution < -0.4 is 4.74 Å². The predicted molar refractivity (Wildman–Crippen MR) is 50.5 cm³/mol. The Hall–Kier alpha value is -2.38. The Morgan fingerprint density at radius 3 is 2.00 bits per heavy atom. The van der Waals surface area contributed by atoms with Gasteiger partial charge in [0.25, 0.3) is 5.69 Å². The molecule has 90 valence electrons. The van der Waals surface area contributed by atoms with Crippen LogP contribution in [-0.4, -0.2) is 24.1 Å². The maximum Gasteiger partial charge on any atom is 0.387 e. The van der Waals surface area contributed by atoms with Crippen LogP contribution >= 0.6 is 0 Å². The minimum absolute atomic E-state index is 0.0868. The topological polar surface area (TPSA) is 86.5 Å². The number of alkyl halides is 2. The van der Waals surface area contributed by atoms with Gasteiger partial charge in [-0.15, -0.1) is 0 Å². The lowest BCUT2D eigenvalue weighted by atomic mass is 10.1. The number of nitro benzene ring substituents is 1. The first-order chi connectivity index (χ1) is 7.99. The zero-order chi connectivity index (χ0) is 13.0. The van der Waals surface area contributed by atoms with Crippen LogP contribution in [0.5, 0.6) is 5.75 Å². The van der Waals surface area contributed by atoms with Crippen LogP contribution in [0.3, 0.4) is 0 Å². The molecule has 0 aliphatic heterocycles. The summed E-state index contributed by atoms with van der Waals surface area (Å²) in [5.74, 6) is -0.491. The molecule has 0 spiro atoms. The van der Waals surface area contributed by atoms with Crippen LogP contribution in [-0.2, 0) is 0 Å². The Labute approximate surface area is 92.9 Å². The van der Waals surface area contributed by atoms with Gasteiger partial charge in [0.2, 0.25) is 0 Å². The fraction of sp³-hybridized carbons (Fsp3) is 0.111. The first-order valence-corrected chi connectivity index (χ1v) is 4.17. The number of aldehydes is 2. The van der Waals surface area contributed by atoms with E-state index in [1.807, 2.05) is 0 Å². The van der Waals surface area contributed by atoms with E-state index in [9.17, 15) is 28.5 Å². The van der Waals surface area contributed by atoms with Crippen molar-refractivity contribution in [2.45, 2.75) is 6.61 Å². The van der Waals surface area contributed by atoms with E-state index in [4.69, 9.17) is 0 Å². The van der Waals surface area contributed by atoms with Gasteiger partial charge in [-0.25, -0.2) is 0 Å². The zero-order valence-electron chi connectivity index (χ0n) is 8.13. The van der Waals surface area contributed by atoms with Gasteiger partial charge in [0.05, 0.1) is 16.1 Å². The summed E-state index contributed by atoms with van der Waals surface area (Å²) in [6, 6.07) is 1.54. The van der Waals surface area contributed by atoms with E-state index in [1.54, 1.807) is 0 Å². The van der Waals surface area contributed by atoms with E-state index in [1.165, 1.54) is 0 Å². The van der Waals surface area contributed by atoms with Gasteiger partial charge in [-0.1, -0.05) is 0 Å². The Kier molecular flexibility index (Phi) is 3.81. The van der Waals surface area contributed by atoms with Crippen LogP contribution in [0.15, 0.2) is 12.1 Å². The summed E-state index contributed by atoms with van der Waals surface area (Å²) in [5, 5.41) is 10.6. The van der Waals surface area contributed by atoms with E-state index < -0.39 is 34.1 Å². The van der Waals surface area contributed by atoms with Crippen LogP contribution in [0.1, 0.15) is 20.7 Å². The van der Waals surface area contributed by atoms with Gasteiger partial charge in [0.15, 0.2) is 12.6 Å². The summed E-state index contributed by atoms with van der Waals surface area (Å²) < 4.78 is 27.8. The van der Waals surface area contributed by atoms with E-state index in [0.717, 1.165) is 12.1 Å². The van der Waals surface area contributed by atoms with Crippen molar-refractivity contribution >= 4 is 18.3 Å². The molecule has 0 heterocycles. The number of hydrogen-bond donors (Lipinski definition) is 0. The molecule has 0 radical (unpaired) electrons. The van der Waals surface area contributed by atoms with Gasteiger partial charge in [-0.05, 0) is 12.1 Å². The number of carbonyl (C=O) groups is 2. The number of rotatable bonds is 5. The van der Waals surface area contributed by atoms with Crippen molar-refractivity contribution in [2.24, 2.45) is 0 Å². The maximum absolute atomic E-state index is 11.9. The van der Waals surface area contributed by atoms with Gasteiger partial charge >= 0.3 is 6.61 Å². The van der Waals surface area contributed by atoms with Crippen LogP contribution in [0.25, 0.3) is 0 Å². The molecule has 1 aromatic rings. The second-order valence-corrected chi connectivity index (χ2v) is 2.82. The SMILES string of the molecule is O=Cc1cc(OC(F)F)cc(C=O)c1[N+](=O)[O-]. The summed E-state index contributed by atoms with van der Waals surface area (Å²) >= 11 is 0. The van der Waals surface area contributed by atoms with Crippen molar-refractivity contribution in [3.05, 3.63) is 33.4 Å².